The molecule has 0 atom stereocenters. The van der Waals surface area contributed by atoms with Gasteiger partial charge in [-0.2, -0.15) is 14.7 Å². The van der Waals surface area contributed by atoms with Gasteiger partial charge < -0.3 is 14.5 Å². The molecule has 29 heavy (non-hydrogen) atoms. The standard InChI is InChI=1S/C19H22N6O3S/c20-14-16-3-1-2-4-18(16)29(26,27)25-7-5-24(6-8-25)19-13-17(15-21-22-19)23-9-11-28-12-10-23/h1-4,13,15H,5-12H2. The third-order valence-electron chi connectivity index (χ3n) is 5.19. The van der Waals surface area contributed by atoms with Gasteiger partial charge in [0, 0.05) is 45.3 Å². The molecule has 1 aromatic carbocycles. The van der Waals surface area contributed by atoms with E-state index in [9.17, 15) is 13.7 Å². The fraction of sp³-hybridized carbons (Fsp3) is 0.421. The zero-order valence-corrected chi connectivity index (χ0v) is 16.8. The molecule has 2 aromatic rings. The van der Waals surface area contributed by atoms with Crippen LogP contribution in [-0.4, -0.2) is 75.4 Å². The van der Waals surface area contributed by atoms with Crippen LogP contribution in [0.2, 0.25) is 0 Å². The van der Waals surface area contributed by atoms with Crippen molar-refractivity contribution in [2.24, 2.45) is 0 Å². The molecule has 2 saturated heterocycles. The summed E-state index contributed by atoms with van der Waals surface area (Å²) >= 11 is 0. The number of anilines is 2. The molecule has 0 bridgehead atoms. The van der Waals surface area contributed by atoms with E-state index in [0.717, 1.165) is 24.6 Å². The van der Waals surface area contributed by atoms with E-state index in [-0.39, 0.29) is 10.5 Å². The number of nitriles is 1. The second-order valence-electron chi connectivity index (χ2n) is 6.87. The number of aromatic nitrogens is 2. The molecule has 152 valence electrons. The largest absolute Gasteiger partial charge is 0.378 e. The van der Waals surface area contributed by atoms with Gasteiger partial charge in [-0.05, 0) is 12.1 Å². The van der Waals surface area contributed by atoms with Gasteiger partial charge in [-0.1, -0.05) is 12.1 Å². The number of piperazine rings is 1. The molecular weight excluding hydrogens is 392 g/mol. The quantitative estimate of drug-likeness (QED) is 0.720. The van der Waals surface area contributed by atoms with Crippen molar-refractivity contribution in [1.82, 2.24) is 14.5 Å². The average Bonchev–Trinajstić information content (AvgIpc) is 2.80. The van der Waals surface area contributed by atoms with Gasteiger partial charge >= 0.3 is 0 Å². The molecule has 0 unspecified atom stereocenters. The Kier molecular flexibility index (Phi) is 5.62. The van der Waals surface area contributed by atoms with Crippen molar-refractivity contribution in [3.05, 3.63) is 42.1 Å². The lowest BCUT2D eigenvalue weighted by molar-refractivity contribution is 0.122. The van der Waals surface area contributed by atoms with Gasteiger partial charge in [0.15, 0.2) is 5.82 Å². The van der Waals surface area contributed by atoms with Crippen molar-refractivity contribution in [3.8, 4) is 6.07 Å². The summed E-state index contributed by atoms with van der Waals surface area (Å²) in [5.74, 6) is 0.739. The lowest BCUT2D eigenvalue weighted by atomic mass is 10.2. The van der Waals surface area contributed by atoms with E-state index >= 15 is 0 Å². The number of hydrogen-bond donors (Lipinski definition) is 0. The fourth-order valence-electron chi connectivity index (χ4n) is 3.58. The number of benzene rings is 1. The molecule has 2 fully saturated rings. The summed E-state index contributed by atoms with van der Waals surface area (Å²) in [7, 11) is -3.71. The Labute approximate surface area is 170 Å². The van der Waals surface area contributed by atoms with E-state index in [2.05, 4.69) is 15.1 Å². The van der Waals surface area contributed by atoms with Crippen LogP contribution in [0, 0.1) is 11.3 Å². The summed E-state index contributed by atoms with van der Waals surface area (Å²) in [6.07, 6.45) is 1.74. The van der Waals surface area contributed by atoms with Gasteiger partial charge in [0.25, 0.3) is 0 Å². The maximum atomic E-state index is 13.0. The van der Waals surface area contributed by atoms with Gasteiger partial charge in [-0.15, -0.1) is 5.10 Å². The SMILES string of the molecule is N#Cc1ccccc1S(=O)(=O)N1CCN(c2cc(N3CCOCC3)cnn2)CC1. The zero-order valence-electron chi connectivity index (χ0n) is 15.9. The Balaban J connectivity index is 1.46. The smallest absolute Gasteiger partial charge is 0.244 e. The van der Waals surface area contributed by atoms with Gasteiger partial charge in [0.05, 0.1) is 35.6 Å². The summed E-state index contributed by atoms with van der Waals surface area (Å²) in [5, 5.41) is 17.6. The highest BCUT2D eigenvalue weighted by atomic mass is 32.2. The topological polar surface area (TPSA) is 103 Å². The first-order valence-electron chi connectivity index (χ1n) is 9.49. The van der Waals surface area contributed by atoms with E-state index in [0.29, 0.717) is 39.4 Å². The van der Waals surface area contributed by atoms with Crippen LogP contribution in [0.25, 0.3) is 0 Å². The second-order valence-corrected chi connectivity index (χ2v) is 8.78. The van der Waals surface area contributed by atoms with Crippen LogP contribution in [0.15, 0.2) is 41.4 Å². The van der Waals surface area contributed by atoms with E-state index < -0.39 is 10.0 Å². The Hall–Kier alpha value is -2.74. The van der Waals surface area contributed by atoms with Gasteiger partial charge in [0.2, 0.25) is 10.0 Å². The summed E-state index contributed by atoms with van der Waals surface area (Å²) in [6.45, 7) is 4.68. The minimum absolute atomic E-state index is 0.0602. The highest BCUT2D eigenvalue weighted by molar-refractivity contribution is 7.89. The fourth-order valence-corrected chi connectivity index (χ4v) is 5.14. The highest BCUT2D eigenvalue weighted by Crippen LogP contribution is 2.24. The minimum atomic E-state index is -3.71. The van der Waals surface area contributed by atoms with Crippen LogP contribution >= 0.6 is 0 Å². The van der Waals surface area contributed by atoms with E-state index in [4.69, 9.17) is 4.74 Å². The number of rotatable bonds is 4. The van der Waals surface area contributed by atoms with Gasteiger partial charge in [0.1, 0.15) is 6.07 Å². The van der Waals surface area contributed by atoms with Crippen LogP contribution in [0.1, 0.15) is 5.56 Å². The first kappa shape index (κ1) is 19.6. The second kappa shape index (κ2) is 8.32. The molecule has 0 radical (unpaired) electrons. The Morgan fingerprint density at radius 2 is 1.72 bits per heavy atom. The first-order chi connectivity index (χ1) is 14.1. The summed E-state index contributed by atoms with van der Waals surface area (Å²) in [5.41, 5.74) is 1.16. The molecule has 0 N–H and O–H groups in total. The van der Waals surface area contributed by atoms with Crippen LogP contribution in [-0.2, 0) is 14.8 Å². The zero-order chi connectivity index (χ0) is 20.3. The molecule has 9 nitrogen and oxygen atoms in total. The highest BCUT2D eigenvalue weighted by Gasteiger charge is 2.30. The van der Waals surface area contributed by atoms with E-state index in [1.807, 2.05) is 17.0 Å². The Morgan fingerprint density at radius 1 is 1.00 bits per heavy atom. The number of ether oxygens (including phenoxy) is 1. The predicted molar refractivity (Wildman–Crippen MR) is 107 cm³/mol. The van der Waals surface area contributed by atoms with Crippen LogP contribution in [0.5, 0.6) is 0 Å². The van der Waals surface area contributed by atoms with Crippen molar-refractivity contribution in [2.75, 3.05) is 62.3 Å². The van der Waals surface area contributed by atoms with Crippen molar-refractivity contribution in [1.29, 1.82) is 5.26 Å². The van der Waals surface area contributed by atoms with Crippen molar-refractivity contribution in [3.63, 3.8) is 0 Å². The first-order valence-corrected chi connectivity index (χ1v) is 10.9. The normalized spacial score (nSPS) is 18.4. The number of morpholine rings is 1. The number of sulfonamides is 1. The average molecular weight is 414 g/mol. The van der Waals surface area contributed by atoms with Crippen LogP contribution < -0.4 is 9.80 Å². The summed E-state index contributed by atoms with van der Waals surface area (Å²) < 4.78 is 32.8. The molecule has 0 aliphatic carbocycles. The maximum absolute atomic E-state index is 13.0. The molecule has 10 heteroatoms. The van der Waals surface area contributed by atoms with Crippen molar-refractivity contribution < 1.29 is 13.2 Å². The third-order valence-corrected chi connectivity index (χ3v) is 7.15. The lowest BCUT2D eigenvalue weighted by Crippen LogP contribution is -2.49. The molecule has 2 aliphatic heterocycles. The minimum Gasteiger partial charge on any atom is -0.378 e. The predicted octanol–water partition coefficient (Wildman–Crippen LogP) is 0.696. The van der Waals surface area contributed by atoms with E-state index in [1.54, 1.807) is 18.3 Å². The molecule has 3 heterocycles. The molecular formula is C19H22N6O3S. The summed E-state index contributed by atoms with van der Waals surface area (Å²) in [4.78, 5) is 4.31. The van der Waals surface area contributed by atoms with E-state index in [1.165, 1.54) is 16.4 Å². The summed E-state index contributed by atoms with van der Waals surface area (Å²) in [6, 6.07) is 10.3. The number of nitrogens with zero attached hydrogens (tertiary/aromatic N) is 6. The van der Waals surface area contributed by atoms with Crippen molar-refractivity contribution >= 4 is 21.5 Å². The third kappa shape index (κ3) is 4.03. The van der Waals surface area contributed by atoms with Crippen LogP contribution in [0.3, 0.4) is 0 Å². The van der Waals surface area contributed by atoms with Gasteiger partial charge in [-0.3, -0.25) is 0 Å². The molecule has 0 saturated carbocycles. The Morgan fingerprint density at radius 3 is 2.45 bits per heavy atom. The van der Waals surface area contributed by atoms with Crippen LogP contribution in [0.4, 0.5) is 11.5 Å². The molecule has 0 spiro atoms. The van der Waals surface area contributed by atoms with Gasteiger partial charge in [-0.25, -0.2) is 8.42 Å². The maximum Gasteiger partial charge on any atom is 0.244 e. The number of hydrogen-bond acceptors (Lipinski definition) is 8. The Bertz CT molecular complexity index is 1010. The molecule has 2 aliphatic rings. The molecule has 0 amide bonds. The monoisotopic (exact) mass is 414 g/mol. The molecule has 1 aromatic heterocycles. The molecule has 4 rings (SSSR count). The lowest BCUT2D eigenvalue weighted by Gasteiger charge is -2.35. The van der Waals surface area contributed by atoms with Crippen molar-refractivity contribution in [2.45, 2.75) is 4.90 Å².